The van der Waals surface area contributed by atoms with Gasteiger partial charge in [-0.2, -0.15) is 11.8 Å². The van der Waals surface area contributed by atoms with Gasteiger partial charge in [-0.3, -0.25) is 0 Å². The van der Waals surface area contributed by atoms with E-state index in [1.165, 1.54) is 43.9 Å². The smallest absolute Gasteiger partial charge is 0.00205 e. The van der Waals surface area contributed by atoms with Crippen molar-refractivity contribution in [3.05, 3.63) is 0 Å². The molecule has 1 nitrogen and oxygen atoms in total. The quantitative estimate of drug-likeness (QED) is 0.572. The van der Waals surface area contributed by atoms with Gasteiger partial charge in [-0.05, 0) is 36.2 Å². The molecule has 0 aromatic heterocycles. The number of rotatable bonds is 0. The van der Waals surface area contributed by atoms with Crippen molar-refractivity contribution in [3.8, 4) is 0 Å². The summed E-state index contributed by atoms with van der Waals surface area (Å²) in [5.41, 5.74) is 0.753. The summed E-state index contributed by atoms with van der Waals surface area (Å²) >= 11 is 2.14. The lowest BCUT2D eigenvalue weighted by Gasteiger charge is -2.42. The summed E-state index contributed by atoms with van der Waals surface area (Å²) in [5, 5.41) is 3.39. The van der Waals surface area contributed by atoms with Crippen LogP contribution in [0.1, 0.15) is 19.3 Å². The molecule has 2 aliphatic heterocycles. The maximum atomic E-state index is 3.39. The van der Waals surface area contributed by atoms with Crippen LogP contribution >= 0.6 is 11.8 Å². The molecule has 2 aliphatic rings. The third-order valence-electron chi connectivity index (χ3n) is 2.77. The minimum atomic E-state index is 0.753. The van der Waals surface area contributed by atoms with Crippen LogP contribution in [0, 0.1) is 5.41 Å². The van der Waals surface area contributed by atoms with Gasteiger partial charge in [-0.25, -0.2) is 0 Å². The van der Waals surface area contributed by atoms with E-state index in [-0.39, 0.29) is 0 Å². The van der Waals surface area contributed by atoms with Gasteiger partial charge in [0.05, 0.1) is 0 Å². The van der Waals surface area contributed by atoms with Crippen LogP contribution < -0.4 is 5.32 Å². The molecule has 1 spiro atoms. The molecule has 2 heterocycles. The van der Waals surface area contributed by atoms with Crippen LogP contribution in [0.2, 0.25) is 0 Å². The molecule has 58 valence electrons. The van der Waals surface area contributed by atoms with E-state index in [1.807, 2.05) is 0 Å². The Hall–Kier alpha value is 0.310. The third kappa shape index (κ3) is 1.19. The van der Waals surface area contributed by atoms with Crippen molar-refractivity contribution in [1.82, 2.24) is 5.32 Å². The third-order valence-corrected chi connectivity index (χ3v) is 3.84. The molecular formula is C8H15NS. The second-order valence-corrected chi connectivity index (χ2v) is 4.79. The Balaban J connectivity index is 1.92. The molecule has 2 saturated heterocycles. The Morgan fingerprint density at radius 2 is 2.00 bits per heavy atom. The maximum absolute atomic E-state index is 3.39. The van der Waals surface area contributed by atoms with Gasteiger partial charge in [0, 0.05) is 13.1 Å². The molecule has 2 fully saturated rings. The van der Waals surface area contributed by atoms with E-state index >= 15 is 0 Å². The number of hydrogen-bond donors (Lipinski definition) is 1. The summed E-state index contributed by atoms with van der Waals surface area (Å²) in [6, 6.07) is 0. The van der Waals surface area contributed by atoms with Gasteiger partial charge in [-0.15, -0.1) is 0 Å². The van der Waals surface area contributed by atoms with Crippen LogP contribution in [0.15, 0.2) is 0 Å². The predicted octanol–water partition coefficient (Wildman–Crippen LogP) is 1.49. The van der Waals surface area contributed by atoms with E-state index in [2.05, 4.69) is 17.1 Å². The van der Waals surface area contributed by atoms with Crippen LogP contribution in [0.4, 0.5) is 0 Å². The zero-order valence-corrected chi connectivity index (χ0v) is 7.17. The first kappa shape index (κ1) is 6.99. The largest absolute Gasteiger partial charge is 0.316 e. The highest BCUT2D eigenvalue weighted by Crippen LogP contribution is 2.36. The van der Waals surface area contributed by atoms with Crippen molar-refractivity contribution in [2.24, 2.45) is 5.41 Å². The molecule has 1 N–H and O–H groups in total. The molecule has 0 saturated carbocycles. The zero-order chi connectivity index (χ0) is 6.86. The molecule has 0 unspecified atom stereocenters. The topological polar surface area (TPSA) is 12.0 Å². The molecule has 0 atom stereocenters. The molecule has 0 bridgehead atoms. The summed E-state index contributed by atoms with van der Waals surface area (Å²) in [6.07, 6.45) is 4.39. The van der Waals surface area contributed by atoms with Gasteiger partial charge in [0.25, 0.3) is 0 Å². The maximum Gasteiger partial charge on any atom is 0.00205 e. The molecular weight excluding hydrogens is 142 g/mol. The average Bonchev–Trinajstić information content (AvgIpc) is 2.08. The van der Waals surface area contributed by atoms with Crippen LogP contribution in [0.3, 0.4) is 0 Å². The highest BCUT2D eigenvalue weighted by atomic mass is 32.2. The van der Waals surface area contributed by atoms with E-state index in [0.717, 1.165) is 5.41 Å². The van der Waals surface area contributed by atoms with Crippen molar-refractivity contribution in [2.45, 2.75) is 19.3 Å². The van der Waals surface area contributed by atoms with Crippen molar-refractivity contribution >= 4 is 11.8 Å². The monoisotopic (exact) mass is 157 g/mol. The molecule has 2 heteroatoms. The van der Waals surface area contributed by atoms with Crippen LogP contribution in [0.25, 0.3) is 0 Å². The van der Waals surface area contributed by atoms with E-state index in [9.17, 15) is 0 Å². The molecule has 0 aromatic carbocycles. The standard InChI is InChI=1S/C8H15NS/c1-2-8(6-9-7-8)3-5-10-4-1/h9H,1-7H2. The fourth-order valence-electron chi connectivity index (χ4n) is 1.90. The van der Waals surface area contributed by atoms with Crippen LogP contribution in [-0.2, 0) is 0 Å². The van der Waals surface area contributed by atoms with Gasteiger partial charge in [0.1, 0.15) is 0 Å². The zero-order valence-electron chi connectivity index (χ0n) is 6.36. The Morgan fingerprint density at radius 1 is 1.10 bits per heavy atom. The minimum absolute atomic E-state index is 0.753. The lowest BCUT2D eigenvalue weighted by atomic mass is 9.76. The van der Waals surface area contributed by atoms with Gasteiger partial charge in [0.15, 0.2) is 0 Å². The number of thioether (sulfide) groups is 1. The fraction of sp³-hybridized carbons (Fsp3) is 1.00. The first-order chi connectivity index (χ1) is 4.91. The number of nitrogens with one attached hydrogen (secondary N) is 1. The molecule has 0 aromatic rings. The van der Waals surface area contributed by atoms with Crippen molar-refractivity contribution in [3.63, 3.8) is 0 Å². The highest BCUT2D eigenvalue weighted by molar-refractivity contribution is 7.99. The Kier molecular flexibility index (Phi) is 1.92. The summed E-state index contributed by atoms with van der Waals surface area (Å²) in [7, 11) is 0. The van der Waals surface area contributed by atoms with E-state index in [0.29, 0.717) is 0 Å². The SMILES string of the molecule is C1CSCCC2(C1)CNC2. The first-order valence-corrected chi connectivity index (χ1v) is 5.35. The van der Waals surface area contributed by atoms with Crippen molar-refractivity contribution in [1.29, 1.82) is 0 Å². The van der Waals surface area contributed by atoms with Gasteiger partial charge in [0.2, 0.25) is 0 Å². The van der Waals surface area contributed by atoms with Crippen molar-refractivity contribution in [2.75, 3.05) is 24.6 Å². The molecule has 2 rings (SSSR count). The Bertz CT molecular complexity index is 110. The van der Waals surface area contributed by atoms with Gasteiger partial charge < -0.3 is 5.32 Å². The second kappa shape index (κ2) is 2.74. The van der Waals surface area contributed by atoms with Crippen LogP contribution in [0.5, 0.6) is 0 Å². The molecule has 0 radical (unpaired) electrons. The average molecular weight is 157 g/mol. The first-order valence-electron chi connectivity index (χ1n) is 4.20. The normalized spacial score (nSPS) is 31.2. The lowest BCUT2D eigenvalue weighted by Crippen LogP contribution is -2.53. The molecule has 0 aliphatic carbocycles. The highest BCUT2D eigenvalue weighted by Gasteiger charge is 2.36. The lowest BCUT2D eigenvalue weighted by molar-refractivity contribution is 0.149. The van der Waals surface area contributed by atoms with E-state index in [4.69, 9.17) is 0 Å². The minimum Gasteiger partial charge on any atom is -0.316 e. The van der Waals surface area contributed by atoms with E-state index in [1.54, 1.807) is 0 Å². The summed E-state index contributed by atoms with van der Waals surface area (Å²) in [4.78, 5) is 0. The van der Waals surface area contributed by atoms with Crippen LogP contribution in [-0.4, -0.2) is 24.6 Å². The fourth-order valence-corrected chi connectivity index (χ4v) is 3.03. The summed E-state index contributed by atoms with van der Waals surface area (Å²) in [5.74, 6) is 2.81. The Labute approximate surface area is 67.0 Å². The Morgan fingerprint density at radius 3 is 2.70 bits per heavy atom. The van der Waals surface area contributed by atoms with Gasteiger partial charge >= 0.3 is 0 Å². The molecule has 0 amide bonds. The second-order valence-electron chi connectivity index (χ2n) is 3.57. The van der Waals surface area contributed by atoms with Crippen molar-refractivity contribution < 1.29 is 0 Å². The predicted molar refractivity (Wildman–Crippen MR) is 46.5 cm³/mol. The molecule has 10 heavy (non-hydrogen) atoms. The summed E-state index contributed by atoms with van der Waals surface area (Å²) in [6.45, 7) is 2.60. The summed E-state index contributed by atoms with van der Waals surface area (Å²) < 4.78 is 0. The number of hydrogen-bond acceptors (Lipinski definition) is 2. The van der Waals surface area contributed by atoms with Gasteiger partial charge in [-0.1, -0.05) is 0 Å². The van der Waals surface area contributed by atoms with E-state index < -0.39 is 0 Å².